The van der Waals surface area contributed by atoms with E-state index in [4.69, 9.17) is 26.2 Å². The van der Waals surface area contributed by atoms with Gasteiger partial charge in [-0.1, -0.05) is 18.2 Å². The molecule has 0 aliphatic heterocycles. The molecule has 96 valence electrons. The van der Waals surface area contributed by atoms with Crippen molar-refractivity contribution in [1.82, 2.24) is 0 Å². The maximum atomic E-state index is 10.5. The third-order valence-electron chi connectivity index (χ3n) is 2.01. The van der Waals surface area contributed by atoms with E-state index in [2.05, 4.69) is 6.58 Å². The number of hydrogen-bond acceptors (Lipinski definition) is 3. The van der Waals surface area contributed by atoms with E-state index in [1.54, 1.807) is 18.2 Å². The topological polar surface area (TPSA) is 55.8 Å². The van der Waals surface area contributed by atoms with E-state index in [0.29, 0.717) is 22.1 Å². The van der Waals surface area contributed by atoms with Crippen LogP contribution in [0.2, 0.25) is 0 Å². The standard InChI is InChI=1S/C13H13ClO4/c1-9(14)8-18-12-7-11(17-2)5-3-10(12)4-6-13(15)16/h3-7H,1,8H2,2H3,(H,15,16). The van der Waals surface area contributed by atoms with Crippen LogP contribution in [0.15, 0.2) is 35.9 Å². The number of aliphatic carboxylic acids is 1. The number of carboxylic acids is 1. The molecule has 1 aromatic carbocycles. The maximum Gasteiger partial charge on any atom is 0.328 e. The van der Waals surface area contributed by atoms with Crippen molar-refractivity contribution < 1.29 is 19.4 Å². The fourth-order valence-corrected chi connectivity index (χ4v) is 1.28. The van der Waals surface area contributed by atoms with Crippen LogP contribution in [0, 0.1) is 0 Å². The Labute approximate surface area is 110 Å². The van der Waals surface area contributed by atoms with Crippen molar-refractivity contribution in [3.8, 4) is 11.5 Å². The van der Waals surface area contributed by atoms with Gasteiger partial charge in [0.15, 0.2) is 0 Å². The summed E-state index contributed by atoms with van der Waals surface area (Å²) in [4.78, 5) is 10.5. The van der Waals surface area contributed by atoms with Crippen LogP contribution in [-0.2, 0) is 4.79 Å². The van der Waals surface area contributed by atoms with Gasteiger partial charge in [-0.2, -0.15) is 0 Å². The number of carboxylic acid groups (broad SMARTS) is 1. The van der Waals surface area contributed by atoms with Crippen LogP contribution >= 0.6 is 11.6 Å². The molecule has 0 saturated carbocycles. The monoisotopic (exact) mass is 268 g/mol. The van der Waals surface area contributed by atoms with Crippen molar-refractivity contribution in [2.45, 2.75) is 0 Å². The molecule has 0 saturated heterocycles. The maximum absolute atomic E-state index is 10.5. The number of benzene rings is 1. The summed E-state index contributed by atoms with van der Waals surface area (Å²) in [6.07, 6.45) is 2.47. The Kier molecular flexibility index (Phi) is 5.27. The highest BCUT2D eigenvalue weighted by Gasteiger charge is 2.04. The van der Waals surface area contributed by atoms with Crippen molar-refractivity contribution in [1.29, 1.82) is 0 Å². The molecule has 4 nitrogen and oxygen atoms in total. The Morgan fingerprint density at radius 2 is 2.28 bits per heavy atom. The summed E-state index contributed by atoms with van der Waals surface area (Å²) in [7, 11) is 1.53. The van der Waals surface area contributed by atoms with Gasteiger partial charge < -0.3 is 14.6 Å². The highest BCUT2D eigenvalue weighted by atomic mass is 35.5. The first-order valence-electron chi connectivity index (χ1n) is 5.08. The molecule has 0 fully saturated rings. The minimum atomic E-state index is -1.03. The van der Waals surface area contributed by atoms with Crippen molar-refractivity contribution >= 4 is 23.6 Å². The van der Waals surface area contributed by atoms with E-state index in [9.17, 15) is 4.79 Å². The summed E-state index contributed by atoms with van der Waals surface area (Å²) in [5, 5.41) is 8.95. The van der Waals surface area contributed by atoms with Crippen molar-refractivity contribution in [3.05, 3.63) is 41.4 Å². The lowest BCUT2D eigenvalue weighted by Crippen LogP contribution is -1.99. The number of methoxy groups -OCH3 is 1. The zero-order chi connectivity index (χ0) is 13.5. The highest BCUT2D eigenvalue weighted by Crippen LogP contribution is 2.26. The van der Waals surface area contributed by atoms with Crippen LogP contribution < -0.4 is 9.47 Å². The number of hydrogen-bond donors (Lipinski definition) is 1. The Hall–Kier alpha value is -1.94. The van der Waals surface area contributed by atoms with Crippen LogP contribution in [0.1, 0.15) is 5.56 Å². The van der Waals surface area contributed by atoms with Crippen LogP contribution in [0.4, 0.5) is 0 Å². The molecule has 0 spiro atoms. The summed E-state index contributed by atoms with van der Waals surface area (Å²) in [6.45, 7) is 3.66. The van der Waals surface area contributed by atoms with Gasteiger partial charge in [-0.25, -0.2) is 4.79 Å². The highest BCUT2D eigenvalue weighted by molar-refractivity contribution is 6.29. The molecule has 0 amide bonds. The van der Waals surface area contributed by atoms with Crippen LogP contribution in [0.25, 0.3) is 6.08 Å². The third-order valence-corrected chi connectivity index (χ3v) is 2.12. The largest absolute Gasteiger partial charge is 0.497 e. The van der Waals surface area contributed by atoms with Crippen LogP contribution in [0.3, 0.4) is 0 Å². The Morgan fingerprint density at radius 1 is 1.56 bits per heavy atom. The number of carbonyl (C=O) groups is 1. The zero-order valence-electron chi connectivity index (χ0n) is 9.85. The first kappa shape index (κ1) is 14.1. The fraction of sp³-hybridized carbons (Fsp3) is 0.154. The van der Waals surface area contributed by atoms with Gasteiger partial charge in [-0.3, -0.25) is 0 Å². The molecular formula is C13H13ClO4. The average molecular weight is 269 g/mol. The quantitative estimate of drug-likeness (QED) is 0.806. The fourth-order valence-electron chi connectivity index (χ4n) is 1.22. The van der Waals surface area contributed by atoms with E-state index >= 15 is 0 Å². The SMILES string of the molecule is C=C(Cl)COc1cc(OC)ccc1C=CC(=O)O. The van der Waals surface area contributed by atoms with E-state index in [0.717, 1.165) is 6.08 Å². The molecular weight excluding hydrogens is 256 g/mol. The Morgan fingerprint density at radius 3 is 2.83 bits per heavy atom. The van der Waals surface area contributed by atoms with Gasteiger partial charge in [0, 0.05) is 22.7 Å². The molecule has 18 heavy (non-hydrogen) atoms. The predicted octanol–water partition coefficient (Wildman–Crippen LogP) is 2.92. The van der Waals surface area contributed by atoms with Crippen molar-refractivity contribution in [2.24, 2.45) is 0 Å². The first-order chi connectivity index (χ1) is 8.52. The van der Waals surface area contributed by atoms with Crippen molar-refractivity contribution in [2.75, 3.05) is 13.7 Å². The summed E-state index contributed by atoms with van der Waals surface area (Å²) in [5.41, 5.74) is 0.621. The minimum Gasteiger partial charge on any atom is -0.497 e. The van der Waals surface area contributed by atoms with E-state index in [1.165, 1.54) is 13.2 Å². The molecule has 1 rings (SSSR count). The molecule has 0 aromatic heterocycles. The summed E-state index contributed by atoms with van der Waals surface area (Å²) in [5.74, 6) is 0.0600. The first-order valence-corrected chi connectivity index (χ1v) is 5.46. The average Bonchev–Trinajstić information content (AvgIpc) is 2.34. The van der Waals surface area contributed by atoms with Crippen molar-refractivity contribution in [3.63, 3.8) is 0 Å². The Bertz CT molecular complexity index is 480. The second-order valence-corrected chi connectivity index (χ2v) is 3.92. The lowest BCUT2D eigenvalue weighted by Gasteiger charge is -2.10. The summed E-state index contributed by atoms with van der Waals surface area (Å²) < 4.78 is 10.5. The number of halogens is 1. The smallest absolute Gasteiger partial charge is 0.328 e. The molecule has 1 aromatic rings. The van der Waals surface area contributed by atoms with Gasteiger partial charge in [-0.05, 0) is 18.2 Å². The Balaban J connectivity index is 2.99. The van der Waals surface area contributed by atoms with Gasteiger partial charge in [0.05, 0.1) is 7.11 Å². The molecule has 0 aliphatic rings. The van der Waals surface area contributed by atoms with Gasteiger partial charge in [0.2, 0.25) is 0 Å². The lowest BCUT2D eigenvalue weighted by molar-refractivity contribution is -0.131. The third kappa shape index (κ3) is 4.51. The minimum absolute atomic E-state index is 0.142. The van der Waals surface area contributed by atoms with E-state index in [-0.39, 0.29) is 6.61 Å². The molecule has 0 heterocycles. The van der Waals surface area contributed by atoms with Gasteiger partial charge in [0.25, 0.3) is 0 Å². The predicted molar refractivity (Wildman–Crippen MR) is 70.2 cm³/mol. The second kappa shape index (κ2) is 6.71. The van der Waals surface area contributed by atoms with Crippen LogP contribution in [-0.4, -0.2) is 24.8 Å². The van der Waals surface area contributed by atoms with Gasteiger partial charge in [0.1, 0.15) is 18.1 Å². The van der Waals surface area contributed by atoms with Gasteiger partial charge in [-0.15, -0.1) is 0 Å². The molecule has 0 bridgehead atoms. The van der Waals surface area contributed by atoms with Gasteiger partial charge >= 0.3 is 5.97 Å². The molecule has 5 heteroatoms. The second-order valence-electron chi connectivity index (χ2n) is 3.38. The molecule has 0 atom stereocenters. The number of ether oxygens (including phenoxy) is 2. The lowest BCUT2D eigenvalue weighted by atomic mass is 10.1. The summed E-state index contributed by atoms with van der Waals surface area (Å²) in [6, 6.07) is 5.07. The summed E-state index contributed by atoms with van der Waals surface area (Å²) >= 11 is 5.62. The molecule has 0 radical (unpaired) electrons. The molecule has 0 aliphatic carbocycles. The zero-order valence-corrected chi connectivity index (χ0v) is 10.6. The molecule has 1 N–H and O–H groups in total. The number of rotatable bonds is 6. The van der Waals surface area contributed by atoms with Crippen LogP contribution in [0.5, 0.6) is 11.5 Å². The van der Waals surface area contributed by atoms with E-state index < -0.39 is 5.97 Å². The normalized spacial score (nSPS) is 10.3. The molecule has 0 unspecified atom stereocenters. The van der Waals surface area contributed by atoms with E-state index in [1.807, 2.05) is 0 Å².